The molecule has 1 N–H and O–H groups in total. The number of hydrogen-bond acceptors (Lipinski definition) is 3. The SMILES string of the molecule is CC(C)(C)OC(=O)NC1CCC(OCC(F)(F)c2ccccc2)C(F)C1. The molecule has 4 nitrogen and oxygen atoms in total. The van der Waals surface area contributed by atoms with Crippen LogP contribution >= 0.6 is 0 Å². The average molecular weight is 373 g/mol. The van der Waals surface area contributed by atoms with Gasteiger partial charge in [0.15, 0.2) is 0 Å². The number of alkyl halides is 3. The van der Waals surface area contributed by atoms with Crippen molar-refractivity contribution in [1.29, 1.82) is 0 Å². The summed E-state index contributed by atoms with van der Waals surface area (Å²) in [6.45, 7) is 4.35. The minimum atomic E-state index is -3.17. The number of carbonyl (C=O) groups is 1. The van der Waals surface area contributed by atoms with Gasteiger partial charge in [-0.05, 0) is 33.6 Å². The summed E-state index contributed by atoms with van der Waals surface area (Å²) in [7, 11) is 0. The fraction of sp³-hybridized carbons (Fsp3) is 0.632. The van der Waals surface area contributed by atoms with Gasteiger partial charge in [0.1, 0.15) is 18.4 Å². The smallest absolute Gasteiger partial charge is 0.407 e. The van der Waals surface area contributed by atoms with Crippen molar-refractivity contribution >= 4 is 6.09 Å². The Balaban J connectivity index is 1.81. The van der Waals surface area contributed by atoms with Crippen molar-refractivity contribution in [2.75, 3.05) is 6.61 Å². The second-order valence-corrected chi connectivity index (χ2v) is 7.59. The number of carbonyl (C=O) groups excluding carboxylic acids is 1. The van der Waals surface area contributed by atoms with Crippen LogP contribution in [0.5, 0.6) is 0 Å². The largest absolute Gasteiger partial charge is 0.444 e. The first-order chi connectivity index (χ1) is 12.1. The molecule has 26 heavy (non-hydrogen) atoms. The first-order valence-corrected chi connectivity index (χ1v) is 8.75. The predicted molar refractivity (Wildman–Crippen MR) is 92.0 cm³/mol. The summed E-state index contributed by atoms with van der Waals surface area (Å²) < 4.78 is 52.9. The first-order valence-electron chi connectivity index (χ1n) is 8.75. The number of ether oxygens (including phenoxy) is 2. The van der Waals surface area contributed by atoms with E-state index in [0.717, 1.165) is 0 Å². The minimum absolute atomic E-state index is 0.0147. The van der Waals surface area contributed by atoms with Gasteiger partial charge in [0.25, 0.3) is 5.92 Å². The molecule has 0 heterocycles. The molecule has 1 saturated carbocycles. The van der Waals surface area contributed by atoms with Crippen LogP contribution in [0, 0.1) is 0 Å². The fourth-order valence-electron chi connectivity index (χ4n) is 2.86. The van der Waals surface area contributed by atoms with Crippen molar-refractivity contribution in [2.24, 2.45) is 0 Å². The molecule has 1 fully saturated rings. The van der Waals surface area contributed by atoms with E-state index in [1.54, 1.807) is 26.8 Å². The van der Waals surface area contributed by atoms with Crippen LogP contribution in [0.25, 0.3) is 0 Å². The van der Waals surface area contributed by atoms with E-state index < -0.39 is 42.5 Å². The van der Waals surface area contributed by atoms with Gasteiger partial charge >= 0.3 is 6.09 Å². The molecular formula is C19H26F3NO3. The van der Waals surface area contributed by atoms with Gasteiger partial charge in [-0.3, -0.25) is 0 Å². The lowest BCUT2D eigenvalue weighted by Gasteiger charge is -2.33. The number of amides is 1. The number of hydrogen-bond donors (Lipinski definition) is 1. The number of benzene rings is 1. The fourth-order valence-corrected chi connectivity index (χ4v) is 2.86. The summed E-state index contributed by atoms with van der Waals surface area (Å²) in [5.74, 6) is -3.17. The van der Waals surface area contributed by atoms with Gasteiger partial charge in [-0.1, -0.05) is 30.3 Å². The van der Waals surface area contributed by atoms with E-state index in [9.17, 15) is 18.0 Å². The Bertz CT molecular complexity index is 589. The van der Waals surface area contributed by atoms with E-state index in [1.165, 1.54) is 24.3 Å². The molecule has 1 aromatic carbocycles. The lowest BCUT2D eigenvalue weighted by molar-refractivity contribution is -0.127. The third-order valence-electron chi connectivity index (χ3n) is 4.11. The maximum Gasteiger partial charge on any atom is 0.407 e. The van der Waals surface area contributed by atoms with Crippen molar-refractivity contribution in [3.05, 3.63) is 35.9 Å². The Hall–Kier alpha value is -1.76. The number of nitrogens with one attached hydrogen (secondary N) is 1. The molecule has 3 unspecified atom stereocenters. The van der Waals surface area contributed by atoms with Crippen LogP contribution in [0.1, 0.15) is 45.6 Å². The van der Waals surface area contributed by atoms with Crippen LogP contribution in [0.2, 0.25) is 0 Å². The molecule has 1 aliphatic carbocycles. The van der Waals surface area contributed by atoms with Crippen molar-refractivity contribution in [2.45, 2.75) is 69.9 Å². The Morgan fingerprint density at radius 3 is 2.42 bits per heavy atom. The van der Waals surface area contributed by atoms with Gasteiger partial charge in [-0.15, -0.1) is 0 Å². The summed E-state index contributed by atoms with van der Waals surface area (Å²) in [5, 5.41) is 2.62. The molecule has 1 aromatic rings. The average Bonchev–Trinajstić information content (AvgIpc) is 2.53. The molecule has 2 rings (SSSR count). The van der Waals surface area contributed by atoms with Crippen molar-refractivity contribution in [3.63, 3.8) is 0 Å². The molecule has 7 heteroatoms. The molecule has 0 aliphatic heterocycles. The summed E-state index contributed by atoms with van der Waals surface area (Å²) in [5.41, 5.74) is -0.793. The molecule has 0 radical (unpaired) electrons. The normalized spacial score (nSPS) is 24.2. The molecule has 0 aromatic heterocycles. The van der Waals surface area contributed by atoms with Crippen molar-refractivity contribution in [1.82, 2.24) is 5.32 Å². The third-order valence-corrected chi connectivity index (χ3v) is 4.11. The Labute approximate surface area is 152 Å². The number of halogens is 3. The lowest BCUT2D eigenvalue weighted by atomic mass is 9.91. The zero-order valence-corrected chi connectivity index (χ0v) is 15.3. The topological polar surface area (TPSA) is 47.6 Å². The minimum Gasteiger partial charge on any atom is -0.444 e. The molecule has 0 spiro atoms. The van der Waals surface area contributed by atoms with E-state index in [0.29, 0.717) is 6.42 Å². The van der Waals surface area contributed by atoms with Crippen LogP contribution in [0.3, 0.4) is 0 Å². The van der Waals surface area contributed by atoms with Crippen LogP contribution in [0.4, 0.5) is 18.0 Å². The summed E-state index contributed by atoms with van der Waals surface area (Å²) >= 11 is 0. The van der Waals surface area contributed by atoms with E-state index in [4.69, 9.17) is 9.47 Å². The van der Waals surface area contributed by atoms with E-state index >= 15 is 0 Å². The van der Waals surface area contributed by atoms with Crippen molar-refractivity contribution < 1.29 is 27.4 Å². The van der Waals surface area contributed by atoms with Gasteiger partial charge in [0, 0.05) is 18.0 Å². The molecule has 0 saturated heterocycles. The first kappa shape index (κ1) is 20.6. The number of alkyl carbamates (subject to hydrolysis) is 1. The van der Waals surface area contributed by atoms with Crippen LogP contribution in [0.15, 0.2) is 30.3 Å². The zero-order valence-electron chi connectivity index (χ0n) is 15.3. The number of rotatable bonds is 5. The molecule has 146 valence electrons. The molecule has 1 amide bonds. The Morgan fingerprint density at radius 2 is 1.85 bits per heavy atom. The summed E-state index contributed by atoms with van der Waals surface area (Å²) in [4.78, 5) is 11.7. The van der Waals surface area contributed by atoms with Gasteiger partial charge in [-0.2, -0.15) is 8.78 Å². The summed E-state index contributed by atoms with van der Waals surface area (Å²) in [6.07, 6.45) is -2.21. The van der Waals surface area contributed by atoms with Crippen molar-refractivity contribution in [3.8, 4) is 0 Å². The Kier molecular flexibility index (Phi) is 6.55. The monoisotopic (exact) mass is 373 g/mol. The Morgan fingerprint density at radius 1 is 1.19 bits per heavy atom. The molecular weight excluding hydrogens is 347 g/mol. The maximum atomic E-state index is 14.3. The zero-order chi connectivity index (χ0) is 19.4. The van der Waals surface area contributed by atoms with Gasteiger partial charge in [0.05, 0.1) is 6.10 Å². The second-order valence-electron chi connectivity index (χ2n) is 7.59. The highest BCUT2D eigenvalue weighted by atomic mass is 19.3. The molecule has 0 bridgehead atoms. The van der Waals surface area contributed by atoms with Gasteiger partial charge in [-0.25, -0.2) is 9.18 Å². The van der Waals surface area contributed by atoms with Gasteiger partial charge in [0.2, 0.25) is 0 Å². The molecule has 3 atom stereocenters. The highest BCUT2D eigenvalue weighted by Crippen LogP contribution is 2.31. The highest BCUT2D eigenvalue weighted by Gasteiger charge is 2.37. The van der Waals surface area contributed by atoms with E-state index in [1.807, 2.05) is 0 Å². The highest BCUT2D eigenvalue weighted by molar-refractivity contribution is 5.68. The van der Waals surface area contributed by atoms with Crippen LogP contribution in [-0.2, 0) is 15.4 Å². The maximum absolute atomic E-state index is 14.3. The second kappa shape index (κ2) is 8.29. The van der Waals surface area contributed by atoms with Gasteiger partial charge < -0.3 is 14.8 Å². The standard InChI is InChI=1S/C19H26F3NO3/c1-18(2,3)26-17(24)23-14-9-10-16(15(20)11-14)25-12-19(21,22)13-7-5-4-6-8-13/h4-8,14-16H,9-12H2,1-3H3,(H,23,24). The molecule has 1 aliphatic rings. The predicted octanol–water partition coefficient (Wildman–Crippen LogP) is 4.58. The third kappa shape index (κ3) is 6.20. The van der Waals surface area contributed by atoms with E-state index in [-0.39, 0.29) is 18.4 Å². The quantitative estimate of drug-likeness (QED) is 0.822. The summed E-state index contributed by atoms with van der Waals surface area (Å²) in [6, 6.07) is 6.94. The lowest BCUT2D eigenvalue weighted by Crippen LogP contribution is -2.46. The van der Waals surface area contributed by atoms with E-state index in [2.05, 4.69) is 5.32 Å². The van der Waals surface area contributed by atoms with Crippen LogP contribution < -0.4 is 5.32 Å². The van der Waals surface area contributed by atoms with Crippen LogP contribution in [-0.4, -0.2) is 36.6 Å².